The van der Waals surface area contributed by atoms with E-state index in [2.05, 4.69) is 32.1 Å². The van der Waals surface area contributed by atoms with Gasteiger partial charge in [0.05, 0.1) is 0 Å². The predicted molar refractivity (Wildman–Crippen MR) is 90.1 cm³/mol. The highest BCUT2D eigenvalue weighted by molar-refractivity contribution is 5.66. The van der Waals surface area contributed by atoms with Crippen molar-refractivity contribution in [1.82, 2.24) is 0 Å². The summed E-state index contributed by atoms with van der Waals surface area (Å²) in [5, 5.41) is 0. The number of carbonyl (C=O) groups is 1. The van der Waals surface area contributed by atoms with Gasteiger partial charge in [0.15, 0.2) is 0 Å². The lowest BCUT2D eigenvalue weighted by molar-refractivity contribution is -0.104. The standard InChI is InChI=1S/C20H26O/c1-16(11-14-21)7-6-8-17(2)15-18-10-13-20(3)12-5-4-9-19(18)20/h6-9,11,14-15H,4-5,10,12-13H2,1-3H3/b7-6-,16-11+,17-8+,18-15+/t20-/m0/s1. The van der Waals surface area contributed by atoms with E-state index in [9.17, 15) is 4.79 Å². The summed E-state index contributed by atoms with van der Waals surface area (Å²) in [6.45, 7) is 6.50. The SMILES string of the molecule is CC(/C=C\C=C(C)\C=C1/CC[C@]2(C)CCCC=C12)=C\C=O. The summed E-state index contributed by atoms with van der Waals surface area (Å²) < 4.78 is 0. The van der Waals surface area contributed by atoms with Crippen LogP contribution in [-0.4, -0.2) is 6.29 Å². The molecule has 0 unspecified atom stereocenters. The van der Waals surface area contributed by atoms with E-state index in [4.69, 9.17) is 0 Å². The molecule has 0 aromatic heterocycles. The van der Waals surface area contributed by atoms with E-state index in [0.717, 1.165) is 11.9 Å². The Balaban J connectivity index is 2.11. The van der Waals surface area contributed by atoms with Gasteiger partial charge in [-0.3, -0.25) is 4.79 Å². The minimum absolute atomic E-state index is 0.434. The third-order valence-corrected chi connectivity index (χ3v) is 4.67. The molecule has 112 valence electrons. The second-order valence-electron chi connectivity index (χ2n) is 6.56. The lowest BCUT2D eigenvalue weighted by atomic mass is 9.75. The van der Waals surface area contributed by atoms with Crippen molar-refractivity contribution in [2.75, 3.05) is 0 Å². The number of carbonyl (C=O) groups excluding carboxylic acids is 1. The first kappa shape index (κ1) is 15.8. The van der Waals surface area contributed by atoms with Gasteiger partial charge in [-0.2, -0.15) is 0 Å². The van der Waals surface area contributed by atoms with Crippen molar-refractivity contribution in [1.29, 1.82) is 0 Å². The summed E-state index contributed by atoms with van der Waals surface area (Å²) in [7, 11) is 0. The molecule has 0 heterocycles. The van der Waals surface area contributed by atoms with Crippen LogP contribution in [0.15, 0.2) is 58.7 Å². The second kappa shape index (κ2) is 6.89. The van der Waals surface area contributed by atoms with Crippen LogP contribution in [0.1, 0.15) is 52.9 Å². The summed E-state index contributed by atoms with van der Waals surface area (Å²) in [4.78, 5) is 10.4. The predicted octanol–water partition coefficient (Wildman–Crippen LogP) is 5.47. The summed E-state index contributed by atoms with van der Waals surface area (Å²) >= 11 is 0. The van der Waals surface area contributed by atoms with E-state index >= 15 is 0 Å². The topological polar surface area (TPSA) is 17.1 Å². The Morgan fingerprint density at radius 1 is 1.19 bits per heavy atom. The van der Waals surface area contributed by atoms with Crippen molar-refractivity contribution in [2.45, 2.75) is 52.9 Å². The zero-order chi connectivity index (χ0) is 15.3. The number of aldehydes is 1. The molecular weight excluding hydrogens is 256 g/mol. The summed E-state index contributed by atoms with van der Waals surface area (Å²) in [5.74, 6) is 0. The van der Waals surface area contributed by atoms with Crippen LogP contribution < -0.4 is 0 Å². The van der Waals surface area contributed by atoms with Gasteiger partial charge in [0.1, 0.15) is 6.29 Å². The molecule has 0 bridgehead atoms. The summed E-state index contributed by atoms with van der Waals surface area (Å²) in [6.07, 6.45) is 19.7. The largest absolute Gasteiger partial charge is 0.299 e. The molecule has 0 amide bonds. The molecule has 0 N–H and O–H groups in total. The third-order valence-electron chi connectivity index (χ3n) is 4.67. The minimum atomic E-state index is 0.434. The first-order valence-electron chi connectivity index (χ1n) is 7.94. The Hall–Kier alpha value is -1.63. The number of hydrogen-bond acceptors (Lipinski definition) is 1. The highest BCUT2D eigenvalue weighted by Gasteiger charge is 2.37. The average Bonchev–Trinajstić information content (AvgIpc) is 2.76. The monoisotopic (exact) mass is 282 g/mol. The van der Waals surface area contributed by atoms with Gasteiger partial charge in [-0.1, -0.05) is 42.9 Å². The molecule has 2 aliphatic carbocycles. The molecule has 0 aromatic rings. The number of hydrogen-bond donors (Lipinski definition) is 0. The van der Waals surface area contributed by atoms with Gasteiger partial charge in [-0.05, 0) is 74.2 Å². The molecule has 0 radical (unpaired) electrons. The second-order valence-corrected chi connectivity index (χ2v) is 6.56. The van der Waals surface area contributed by atoms with Gasteiger partial charge in [0, 0.05) is 0 Å². The maximum absolute atomic E-state index is 10.4. The maximum atomic E-state index is 10.4. The number of allylic oxidation sites excluding steroid dienone is 10. The Kier molecular flexibility index (Phi) is 5.17. The van der Waals surface area contributed by atoms with Gasteiger partial charge >= 0.3 is 0 Å². The van der Waals surface area contributed by atoms with Crippen molar-refractivity contribution >= 4 is 6.29 Å². The smallest absolute Gasteiger partial charge is 0.143 e. The first-order valence-corrected chi connectivity index (χ1v) is 7.94. The third kappa shape index (κ3) is 3.93. The normalized spacial score (nSPS) is 28.9. The molecule has 1 fully saturated rings. The highest BCUT2D eigenvalue weighted by atomic mass is 16.1. The van der Waals surface area contributed by atoms with Crippen molar-refractivity contribution < 1.29 is 4.79 Å². The van der Waals surface area contributed by atoms with Gasteiger partial charge in [0.2, 0.25) is 0 Å². The van der Waals surface area contributed by atoms with Crippen molar-refractivity contribution in [3.63, 3.8) is 0 Å². The number of rotatable bonds is 4. The summed E-state index contributed by atoms with van der Waals surface area (Å²) in [6, 6.07) is 0. The fraction of sp³-hybridized carbons (Fsp3) is 0.450. The minimum Gasteiger partial charge on any atom is -0.299 e. The molecule has 0 aliphatic heterocycles. The molecule has 2 rings (SSSR count). The zero-order valence-electron chi connectivity index (χ0n) is 13.5. The van der Waals surface area contributed by atoms with Gasteiger partial charge in [-0.25, -0.2) is 0 Å². The number of fused-ring (bicyclic) bond motifs is 1. The maximum Gasteiger partial charge on any atom is 0.143 e. The van der Waals surface area contributed by atoms with E-state index in [1.54, 1.807) is 11.6 Å². The Labute approximate surface area is 128 Å². The molecule has 2 aliphatic rings. The van der Waals surface area contributed by atoms with Gasteiger partial charge in [-0.15, -0.1) is 0 Å². The van der Waals surface area contributed by atoms with Gasteiger partial charge in [0.25, 0.3) is 0 Å². The van der Waals surface area contributed by atoms with Crippen LogP contribution in [0.25, 0.3) is 0 Å². The van der Waals surface area contributed by atoms with Crippen molar-refractivity contribution in [3.8, 4) is 0 Å². The van der Waals surface area contributed by atoms with Crippen LogP contribution in [-0.2, 0) is 4.79 Å². The molecule has 0 saturated heterocycles. The van der Waals surface area contributed by atoms with Crippen LogP contribution in [0.5, 0.6) is 0 Å². The van der Waals surface area contributed by atoms with E-state index in [1.807, 2.05) is 19.1 Å². The molecule has 1 nitrogen and oxygen atoms in total. The van der Waals surface area contributed by atoms with Crippen molar-refractivity contribution in [2.24, 2.45) is 5.41 Å². The quantitative estimate of drug-likeness (QED) is 0.379. The average molecular weight is 282 g/mol. The van der Waals surface area contributed by atoms with Crippen LogP contribution in [0, 0.1) is 5.41 Å². The fourth-order valence-electron chi connectivity index (χ4n) is 3.43. The molecule has 1 heteroatoms. The van der Waals surface area contributed by atoms with Crippen LogP contribution in [0.3, 0.4) is 0 Å². The van der Waals surface area contributed by atoms with Crippen molar-refractivity contribution in [3.05, 3.63) is 58.7 Å². The highest BCUT2D eigenvalue weighted by Crippen LogP contribution is 2.51. The summed E-state index contributed by atoms with van der Waals surface area (Å²) in [5.41, 5.74) is 5.81. The zero-order valence-corrected chi connectivity index (χ0v) is 13.5. The molecule has 21 heavy (non-hydrogen) atoms. The molecule has 1 atom stereocenters. The van der Waals surface area contributed by atoms with E-state index in [-0.39, 0.29) is 0 Å². The molecule has 1 saturated carbocycles. The Morgan fingerprint density at radius 3 is 2.76 bits per heavy atom. The van der Waals surface area contributed by atoms with Gasteiger partial charge < -0.3 is 0 Å². The molecular formula is C20H26O. The Morgan fingerprint density at radius 2 is 2.00 bits per heavy atom. The van der Waals surface area contributed by atoms with E-state index in [0.29, 0.717) is 5.41 Å². The van der Waals surface area contributed by atoms with E-state index in [1.165, 1.54) is 43.3 Å². The Bertz CT molecular complexity index is 554. The lowest BCUT2D eigenvalue weighted by Crippen LogP contribution is -2.16. The van der Waals surface area contributed by atoms with Crippen LogP contribution >= 0.6 is 0 Å². The van der Waals surface area contributed by atoms with E-state index < -0.39 is 0 Å². The fourth-order valence-corrected chi connectivity index (χ4v) is 3.43. The van der Waals surface area contributed by atoms with Crippen LogP contribution in [0.4, 0.5) is 0 Å². The first-order chi connectivity index (χ1) is 10.0. The molecule has 0 spiro atoms. The lowest BCUT2D eigenvalue weighted by Gasteiger charge is -2.29. The molecule has 0 aromatic carbocycles. The van der Waals surface area contributed by atoms with Crippen LogP contribution in [0.2, 0.25) is 0 Å².